The average molecular weight is 240 g/mol. The Balaban J connectivity index is 2.38. The van der Waals surface area contributed by atoms with Gasteiger partial charge in [-0.15, -0.1) is 0 Å². The van der Waals surface area contributed by atoms with E-state index < -0.39 is 0 Å². The summed E-state index contributed by atoms with van der Waals surface area (Å²) in [7, 11) is 0. The van der Waals surface area contributed by atoms with E-state index in [1.807, 2.05) is 6.92 Å². The Kier molecular flexibility index (Phi) is 5.96. The van der Waals surface area contributed by atoms with Gasteiger partial charge in [-0.2, -0.15) is 0 Å². The van der Waals surface area contributed by atoms with E-state index in [1.165, 1.54) is 32.1 Å². The third-order valence-corrected chi connectivity index (χ3v) is 4.29. The second kappa shape index (κ2) is 7.00. The van der Waals surface area contributed by atoms with Gasteiger partial charge in [0.2, 0.25) is 5.91 Å². The zero-order valence-corrected chi connectivity index (χ0v) is 11.5. The van der Waals surface area contributed by atoms with Crippen LogP contribution in [0, 0.1) is 11.8 Å². The second-order valence-electron chi connectivity index (χ2n) is 5.61. The lowest BCUT2D eigenvalue weighted by molar-refractivity contribution is -0.124. The third kappa shape index (κ3) is 4.30. The minimum atomic E-state index is -0.356. The van der Waals surface area contributed by atoms with Crippen molar-refractivity contribution in [3.8, 4) is 0 Å². The Hall–Kier alpha value is -0.570. The van der Waals surface area contributed by atoms with Crippen molar-refractivity contribution in [2.24, 2.45) is 17.6 Å². The first-order valence-electron chi connectivity index (χ1n) is 7.12. The average Bonchev–Trinajstić information content (AvgIpc) is 2.37. The molecule has 0 saturated heterocycles. The fourth-order valence-electron chi connectivity index (χ4n) is 2.58. The van der Waals surface area contributed by atoms with Crippen LogP contribution in [0.2, 0.25) is 0 Å². The molecule has 0 aromatic heterocycles. The maximum Gasteiger partial charge on any atom is 0.237 e. The maximum atomic E-state index is 12.0. The van der Waals surface area contributed by atoms with Gasteiger partial charge in [-0.25, -0.2) is 0 Å². The molecule has 1 fully saturated rings. The lowest BCUT2D eigenvalue weighted by atomic mass is 9.84. The number of hydrogen-bond donors (Lipinski definition) is 2. The summed E-state index contributed by atoms with van der Waals surface area (Å²) < 4.78 is 0. The lowest BCUT2D eigenvalue weighted by Crippen LogP contribution is -2.49. The van der Waals surface area contributed by atoms with Crippen molar-refractivity contribution in [3.63, 3.8) is 0 Å². The monoisotopic (exact) mass is 240 g/mol. The quantitative estimate of drug-likeness (QED) is 0.775. The summed E-state index contributed by atoms with van der Waals surface area (Å²) in [5, 5.41) is 3.10. The first-order valence-corrected chi connectivity index (χ1v) is 7.12. The highest BCUT2D eigenvalue weighted by atomic mass is 16.2. The number of carbonyl (C=O) groups excluding carboxylic acids is 1. The first-order chi connectivity index (χ1) is 8.06. The Labute approximate surface area is 106 Å². The molecular formula is C14H28N2O. The predicted octanol–water partition coefficient (Wildman–Crippen LogP) is 2.44. The van der Waals surface area contributed by atoms with Crippen LogP contribution < -0.4 is 11.1 Å². The third-order valence-electron chi connectivity index (χ3n) is 4.29. The minimum Gasteiger partial charge on any atom is -0.352 e. The van der Waals surface area contributed by atoms with Gasteiger partial charge in [-0.1, -0.05) is 39.5 Å². The molecule has 1 amide bonds. The highest BCUT2D eigenvalue weighted by Gasteiger charge is 2.25. The molecule has 3 nitrogen and oxygen atoms in total. The molecule has 1 unspecified atom stereocenters. The fourth-order valence-corrected chi connectivity index (χ4v) is 2.58. The van der Waals surface area contributed by atoms with Gasteiger partial charge in [0.25, 0.3) is 0 Å². The van der Waals surface area contributed by atoms with Gasteiger partial charge in [0, 0.05) is 6.04 Å². The topological polar surface area (TPSA) is 55.1 Å². The second-order valence-corrected chi connectivity index (χ2v) is 5.61. The van der Waals surface area contributed by atoms with Crippen molar-refractivity contribution in [3.05, 3.63) is 0 Å². The molecule has 0 spiro atoms. The summed E-state index contributed by atoms with van der Waals surface area (Å²) in [5.74, 6) is 0.933. The number of nitrogens with one attached hydrogen (secondary N) is 1. The summed E-state index contributed by atoms with van der Waals surface area (Å²) in [4.78, 5) is 12.0. The molecule has 3 heteroatoms. The lowest BCUT2D eigenvalue weighted by Gasteiger charge is -2.29. The van der Waals surface area contributed by atoms with E-state index in [4.69, 9.17) is 5.73 Å². The van der Waals surface area contributed by atoms with E-state index in [-0.39, 0.29) is 23.9 Å². The molecule has 0 aliphatic heterocycles. The number of carbonyl (C=O) groups is 1. The van der Waals surface area contributed by atoms with Crippen molar-refractivity contribution >= 4 is 5.91 Å². The minimum absolute atomic E-state index is 0.0254. The Bertz CT molecular complexity index is 236. The van der Waals surface area contributed by atoms with Crippen LogP contribution in [0.4, 0.5) is 0 Å². The van der Waals surface area contributed by atoms with E-state index in [2.05, 4.69) is 19.2 Å². The summed E-state index contributed by atoms with van der Waals surface area (Å²) in [6.45, 7) is 6.23. The molecule has 0 radical (unpaired) electrons. The largest absolute Gasteiger partial charge is 0.352 e. The summed E-state index contributed by atoms with van der Waals surface area (Å²) in [6, 6.07) is -0.0797. The van der Waals surface area contributed by atoms with E-state index >= 15 is 0 Å². The number of amides is 1. The smallest absolute Gasteiger partial charge is 0.237 e. The van der Waals surface area contributed by atoms with Gasteiger partial charge in [0.05, 0.1) is 6.04 Å². The molecule has 3 N–H and O–H groups in total. The normalized spacial score (nSPS) is 22.8. The predicted molar refractivity (Wildman–Crippen MR) is 71.6 cm³/mol. The molecule has 0 aromatic carbocycles. The van der Waals surface area contributed by atoms with Crippen LogP contribution in [-0.2, 0) is 4.79 Å². The van der Waals surface area contributed by atoms with Crippen LogP contribution in [0.25, 0.3) is 0 Å². The highest BCUT2D eigenvalue weighted by molar-refractivity contribution is 5.82. The molecule has 0 aromatic rings. The van der Waals surface area contributed by atoms with Crippen molar-refractivity contribution in [2.45, 2.75) is 71.4 Å². The maximum absolute atomic E-state index is 12.0. The molecule has 1 saturated carbocycles. The van der Waals surface area contributed by atoms with Crippen molar-refractivity contribution < 1.29 is 4.79 Å². The van der Waals surface area contributed by atoms with Crippen molar-refractivity contribution in [1.29, 1.82) is 0 Å². The molecule has 1 rings (SSSR count). The van der Waals surface area contributed by atoms with Crippen LogP contribution in [-0.4, -0.2) is 18.0 Å². The first kappa shape index (κ1) is 14.5. The molecule has 17 heavy (non-hydrogen) atoms. The van der Waals surface area contributed by atoms with Crippen LogP contribution >= 0.6 is 0 Å². The highest BCUT2D eigenvalue weighted by Crippen LogP contribution is 2.26. The molecule has 100 valence electrons. The summed E-state index contributed by atoms with van der Waals surface area (Å²) >= 11 is 0. The van der Waals surface area contributed by atoms with Crippen molar-refractivity contribution in [1.82, 2.24) is 5.32 Å². The zero-order chi connectivity index (χ0) is 12.8. The van der Waals surface area contributed by atoms with Crippen LogP contribution in [0.5, 0.6) is 0 Å². The number of hydrogen-bond acceptors (Lipinski definition) is 2. The van der Waals surface area contributed by atoms with Gasteiger partial charge in [0.1, 0.15) is 0 Å². The fraction of sp³-hybridized carbons (Fsp3) is 0.929. The van der Waals surface area contributed by atoms with Gasteiger partial charge in [-0.3, -0.25) is 4.79 Å². The van der Waals surface area contributed by atoms with E-state index in [9.17, 15) is 4.79 Å². The Morgan fingerprint density at radius 1 is 1.29 bits per heavy atom. The SMILES string of the molecule is CCC(C)[C@H](N)C(=O)N[C@@H](C)C1CCCCC1. The van der Waals surface area contributed by atoms with Gasteiger partial charge >= 0.3 is 0 Å². The van der Waals surface area contributed by atoms with Gasteiger partial charge in [0.15, 0.2) is 0 Å². The Morgan fingerprint density at radius 3 is 2.41 bits per heavy atom. The van der Waals surface area contributed by atoms with E-state index in [1.54, 1.807) is 0 Å². The zero-order valence-electron chi connectivity index (χ0n) is 11.5. The van der Waals surface area contributed by atoms with Gasteiger partial charge < -0.3 is 11.1 Å². The van der Waals surface area contributed by atoms with E-state index in [0.29, 0.717) is 5.92 Å². The number of nitrogens with two attached hydrogens (primary N) is 1. The molecule has 1 aliphatic rings. The Morgan fingerprint density at radius 2 is 1.88 bits per heavy atom. The van der Waals surface area contributed by atoms with Crippen molar-refractivity contribution in [2.75, 3.05) is 0 Å². The van der Waals surface area contributed by atoms with Gasteiger partial charge in [-0.05, 0) is 31.6 Å². The molecule has 0 heterocycles. The number of rotatable bonds is 5. The van der Waals surface area contributed by atoms with Crippen LogP contribution in [0.3, 0.4) is 0 Å². The summed E-state index contributed by atoms with van der Waals surface area (Å²) in [6.07, 6.45) is 7.42. The van der Waals surface area contributed by atoms with E-state index in [0.717, 1.165) is 6.42 Å². The molecule has 0 bridgehead atoms. The standard InChI is InChI=1S/C14H28N2O/c1-4-10(2)13(15)14(17)16-11(3)12-8-6-5-7-9-12/h10-13H,4-9,15H2,1-3H3,(H,16,17)/t10?,11-,13-/m0/s1. The van der Waals surface area contributed by atoms with Crippen LogP contribution in [0.1, 0.15) is 59.3 Å². The molecular weight excluding hydrogens is 212 g/mol. The molecule has 3 atom stereocenters. The molecule has 1 aliphatic carbocycles. The van der Waals surface area contributed by atoms with Crippen LogP contribution in [0.15, 0.2) is 0 Å². The summed E-state index contributed by atoms with van der Waals surface area (Å²) in [5.41, 5.74) is 5.94.